The van der Waals surface area contributed by atoms with Crippen molar-refractivity contribution >= 4 is 0 Å². The van der Waals surface area contributed by atoms with Crippen molar-refractivity contribution in [3.63, 3.8) is 0 Å². The van der Waals surface area contributed by atoms with Gasteiger partial charge >= 0.3 is 0 Å². The van der Waals surface area contributed by atoms with Crippen molar-refractivity contribution in [2.75, 3.05) is 20.2 Å². The molecule has 2 aliphatic heterocycles. The normalized spacial score (nSPS) is 33.7. The topological polar surface area (TPSA) is 32.7 Å². The van der Waals surface area contributed by atoms with E-state index in [1.807, 2.05) is 6.92 Å². The molecule has 0 aromatic carbocycles. The highest BCUT2D eigenvalue weighted by Gasteiger charge is 2.43. The van der Waals surface area contributed by atoms with Crippen LogP contribution in [-0.4, -0.2) is 48.0 Å². The van der Waals surface area contributed by atoms with Gasteiger partial charge in [-0.05, 0) is 64.0 Å². The van der Waals surface area contributed by atoms with E-state index in [-0.39, 0.29) is 6.10 Å². The quantitative estimate of drug-likeness (QED) is 0.752. The molecule has 23 heavy (non-hydrogen) atoms. The molecule has 2 saturated heterocycles. The van der Waals surface area contributed by atoms with Crippen molar-refractivity contribution in [2.24, 2.45) is 5.92 Å². The summed E-state index contributed by atoms with van der Waals surface area (Å²) in [5.74, 6) is 0.504. The SMILES string of the molecule is CCC(OC)/C(C)=C/C[C@@H](C)/C=C1\CN2CCC[C@H]2[C@@](C)(O)C1. The molecule has 3 nitrogen and oxygen atoms in total. The van der Waals surface area contributed by atoms with Crippen molar-refractivity contribution < 1.29 is 9.84 Å². The Bertz CT molecular complexity index is 449. The minimum absolute atomic E-state index is 0.246. The predicted octanol–water partition coefficient (Wildman–Crippen LogP) is 3.93. The number of piperidine rings is 1. The fourth-order valence-corrected chi connectivity index (χ4v) is 4.37. The summed E-state index contributed by atoms with van der Waals surface area (Å²) in [5.41, 5.74) is 2.18. The average molecular weight is 322 g/mol. The number of nitrogens with zero attached hydrogens (tertiary/aromatic N) is 1. The second-order valence-electron chi connectivity index (χ2n) is 7.78. The number of rotatable bonds is 6. The van der Waals surface area contributed by atoms with E-state index >= 15 is 0 Å². The van der Waals surface area contributed by atoms with Crippen LogP contribution in [0.15, 0.2) is 23.3 Å². The number of fused-ring (bicyclic) bond motifs is 1. The van der Waals surface area contributed by atoms with Gasteiger partial charge in [0.25, 0.3) is 0 Å². The number of aliphatic hydroxyl groups is 1. The smallest absolute Gasteiger partial charge is 0.0811 e. The standard InChI is InChI=1S/C20H35NO2/c1-6-18(23-5)16(3)10-9-15(2)12-17-13-20(4,22)19-8-7-11-21(19)14-17/h10,12,15,18-19,22H,6-9,11,13-14H2,1-5H3/b16-10+,17-12-/t15-,18?,19+,20+/m1/s1. The maximum atomic E-state index is 10.8. The lowest BCUT2D eigenvalue weighted by molar-refractivity contribution is -0.0330. The molecular formula is C20H35NO2. The predicted molar refractivity (Wildman–Crippen MR) is 96.5 cm³/mol. The summed E-state index contributed by atoms with van der Waals surface area (Å²) < 4.78 is 5.49. The molecule has 2 heterocycles. The molecule has 2 rings (SSSR count). The second-order valence-corrected chi connectivity index (χ2v) is 7.78. The third kappa shape index (κ3) is 4.68. The molecule has 0 aromatic rings. The fraction of sp³-hybridized carbons (Fsp3) is 0.800. The Morgan fingerprint density at radius 2 is 2.26 bits per heavy atom. The van der Waals surface area contributed by atoms with Gasteiger partial charge in [-0.3, -0.25) is 4.90 Å². The van der Waals surface area contributed by atoms with Gasteiger partial charge in [-0.2, -0.15) is 0 Å². The first kappa shape index (κ1) is 18.7. The van der Waals surface area contributed by atoms with Crippen molar-refractivity contribution in [3.8, 4) is 0 Å². The summed E-state index contributed by atoms with van der Waals surface area (Å²) in [7, 11) is 1.79. The summed E-state index contributed by atoms with van der Waals surface area (Å²) in [6, 6.07) is 0.365. The highest BCUT2D eigenvalue weighted by molar-refractivity contribution is 5.18. The summed E-state index contributed by atoms with van der Waals surface area (Å²) in [6.07, 6.45) is 10.2. The molecule has 3 heteroatoms. The van der Waals surface area contributed by atoms with Crippen molar-refractivity contribution in [3.05, 3.63) is 23.3 Å². The largest absolute Gasteiger partial charge is 0.388 e. The van der Waals surface area contributed by atoms with Crippen LogP contribution in [-0.2, 0) is 4.74 Å². The highest BCUT2D eigenvalue weighted by atomic mass is 16.5. The zero-order chi connectivity index (χ0) is 17.0. The van der Waals surface area contributed by atoms with Gasteiger partial charge in [0.05, 0.1) is 11.7 Å². The Hall–Kier alpha value is -0.640. The van der Waals surface area contributed by atoms with Gasteiger partial charge in [-0.25, -0.2) is 0 Å². The van der Waals surface area contributed by atoms with Gasteiger partial charge in [-0.1, -0.05) is 31.6 Å². The molecular weight excluding hydrogens is 286 g/mol. The van der Waals surface area contributed by atoms with E-state index in [0.29, 0.717) is 12.0 Å². The molecule has 0 aliphatic carbocycles. The Morgan fingerprint density at radius 3 is 2.91 bits per heavy atom. The first-order valence-electron chi connectivity index (χ1n) is 9.22. The molecule has 2 aliphatic rings. The van der Waals surface area contributed by atoms with Gasteiger partial charge in [-0.15, -0.1) is 0 Å². The van der Waals surface area contributed by atoms with Crippen LogP contribution < -0.4 is 0 Å². The highest BCUT2D eigenvalue weighted by Crippen LogP contribution is 2.37. The van der Waals surface area contributed by atoms with E-state index in [1.54, 1.807) is 7.11 Å². The molecule has 1 unspecified atom stereocenters. The van der Waals surface area contributed by atoms with Crippen LogP contribution in [0.1, 0.15) is 59.8 Å². The van der Waals surface area contributed by atoms with Crippen LogP contribution in [0, 0.1) is 5.92 Å². The Labute approximate surface area is 142 Å². The van der Waals surface area contributed by atoms with Crippen LogP contribution >= 0.6 is 0 Å². The molecule has 4 atom stereocenters. The minimum Gasteiger partial charge on any atom is -0.388 e. The molecule has 0 spiro atoms. The van der Waals surface area contributed by atoms with E-state index in [1.165, 1.54) is 17.6 Å². The minimum atomic E-state index is -0.560. The van der Waals surface area contributed by atoms with Crippen LogP contribution in [0.2, 0.25) is 0 Å². The van der Waals surface area contributed by atoms with Gasteiger partial charge < -0.3 is 9.84 Å². The fourth-order valence-electron chi connectivity index (χ4n) is 4.37. The molecule has 0 bridgehead atoms. The summed E-state index contributed by atoms with van der Waals surface area (Å²) in [6.45, 7) is 10.8. The molecule has 0 saturated carbocycles. The molecule has 1 N–H and O–H groups in total. The van der Waals surface area contributed by atoms with Crippen molar-refractivity contribution in [1.82, 2.24) is 4.90 Å². The van der Waals surface area contributed by atoms with E-state index in [2.05, 4.69) is 37.8 Å². The summed E-state index contributed by atoms with van der Waals surface area (Å²) in [5, 5.41) is 10.8. The lowest BCUT2D eigenvalue weighted by Gasteiger charge is -2.43. The Morgan fingerprint density at radius 1 is 1.52 bits per heavy atom. The molecule has 2 fully saturated rings. The van der Waals surface area contributed by atoms with E-state index in [9.17, 15) is 5.11 Å². The van der Waals surface area contributed by atoms with Gasteiger partial charge in [0, 0.05) is 19.7 Å². The van der Waals surface area contributed by atoms with Crippen LogP contribution in [0.25, 0.3) is 0 Å². The van der Waals surface area contributed by atoms with Crippen LogP contribution in [0.3, 0.4) is 0 Å². The maximum Gasteiger partial charge on any atom is 0.0811 e. The van der Waals surface area contributed by atoms with E-state index < -0.39 is 5.60 Å². The first-order valence-corrected chi connectivity index (χ1v) is 9.22. The average Bonchev–Trinajstić information content (AvgIpc) is 2.95. The van der Waals surface area contributed by atoms with Gasteiger partial charge in [0.1, 0.15) is 0 Å². The third-order valence-electron chi connectivity index (χ3n) is 5.57. The molecule has 0 radical (unpaired) electrons. The van der Waals surface area contributed by atoms with Crippen molar-refractivity contribution in [1.29, 1.82) is 0 Å². The summed E-state index contributed by atoms with van der Waals surface area (Å²) in [4.78, 5) is 2.47. The lowest BCUT2D eigenvalue weighted by atomic mass is 9.82. The monoisotopic (exact) mass is 321 g/mol. The summed E-state index contributed by atoms with van der Waals surface area (Å²) >= 11 is 0. The number of methoxy groups -OCH3 is 1. The van der Waals surface area contributed by atoms with Crippen molar-refractivity contribution in [2.45, 2.75) is 77.5 Å². The Balaban J connectivity index is 1.97. The van der Waals surface area contributed by atoms with Gasteiger partial charge in [0.15, 0.2) is 0 Å². The first-order chi connectivity index (χ1) is 10.9. The zero-order valence-corrected chi connectivity index (χ0v) is 15.6. The van der Waals surface area contributed by atoms with Crippen LogP contribution in [0.5, 0.6) is 0 Å². The lowest BCUT2D eigenvalue weighted by Crippen LogP contribution is -2.52. The maximum absolute atomic E-state index is 10.8. The molecule has 0 amide bonds. The van der Waals surface area contributed by atoms with E-state index in [4.69, 9.17) is 4.74 Å². The number of hydrogen-bond acceptors (Lipinski definition) is 3. The van der Waals surface area contributed by atoms with Gasteiger partial charge in [0.2, 0.25) is 0 Å². The number of hydrogen-bond donors (Lipinski definition) is 1. The number of ether oxygens (including phenoxy) is 1. The van der Waals surface area contributed by atoms with Crippen LogP contribution in [0.4, 0.5) is 0 Å². The molecule has 0 aromatic heterocycles. The third-order valence-corrected chi connectivity index (χ3v) is 5.57. The molecule has 132 valence electrons. The second kappa shape index (κ2) is 7.96. The Kier molecular flexibility index (Phi) is 6.47. The zero-order valence-electron chi connectivity index (χ0n) is 15.6. The van der Waals surface area contributed by atoms with E-state index in [0.717, 1.165) is 38.8 Å². The number of allylic oxidation sites excluding steroid dienone is 2.